The number of fused-ring (bicyclic) bond motifs is 1. The number of rotatable bonds is 3. The molecule has 0 N–H and O–H groups in total. The Hall–Kier alpha value is -1.02. The quantitative estimate of drug-likeness (QED) is 0.766. The van der Waals surface area contributed by atoms with Crippen LogP contribution in [-0.4, -0.2) is 9.55 Å². The highest BCUT2D eigenvalue weighted by Crippen LogP contribution is 2.28. The molecule has 0 aliphatic carbocycles. The van der Waals surface area contributed by atoms with Crippen LogP contribution < -0.4 is 0 Å². The lowest BCUT2D eigenvalue weighted by Crippen LogP contribution is -2.08. The zero-order valence-electron chi connectivity index (χ0n) is 10.9. The van der Waals surface area contributed by atoms with Crippen molar-refractivity contribution in [2.75, 3.05) is 0 Å². The van der Waals surface area contributed by atoms with Gasteiger partial charge in [0.15, 0.2) is 0 Å². The van der Waals surface area contributed by atoms with E-state index >= 15 is 0 Å². The zero-order chi connectivity index (χ0) is 12.6. The van der Waals surface area contributed by atoms with E-state index in [9.17, 15) is 0 Å². The summed E-state index contributed by atoms with van der Waals surface area (Å²) in [7, 11) is 0. The molecule has 1 aromatic heterocycles. The average Bonchev–Trinajstić information content (AvgIpc) is 2.66. The lowest BCUT2D eigenvalue weighted by atomic mass is 10.1. The summed E-state index contributed by atoms with van der Waals surface area (Å²) in [5.74, 6) is 1.64. The average molecular weight is 251 g/mol. The third-order valence-electron chi connectivity index (χ3n) is 3.25. The number of halogens is 1. The highest BCUT2D eigenvalue weighted by atomic mass is 35.5. The third-order valence-corrected chi connectivity index (χ3v) is 3.48. The van der Waals surface area contributed by atoms with E-state index in [0.717, 1.165) is 17.0 Å². The first-order valence-electron chi connectivity index (χ1n) is 6.22. The van der Waals surface area contributed by atoms with E-state index in [2.05, 4.69) is 38.3 Å². The van der Waals surface area contributed by atoms with Gasteiger partial charge in [-0.25, -0.2) is 4.98 Å². The van der Waals surface area contributed by atoms with E-state index in [4.69, 9.17) is 16.6 Å². The highest BCUT2D eigenvalue weighted by molar-refractivity contribution is 6.31. The summed E-state index contributed by atoms with van der Waals surface area (Å²) in [6.45, 7) is 8.81. The maximum Gasteiger partial charge on any atom is 0.112 e. The van der Waals surface area contributed by atoms with Gasteiger partial charge in [0.05, 0.1) is 11.0 Å². The van der Waals surface area contributed by atoms with Crippen LogP contribution in [0.5, 0.6) is 0 Å². The Morgan fingerprint density at radius 1 is 1.29 bits per heavy atom. The van der Waals surface area contributed by atoms with Crippen LogP contribution in [-0.2, 0) is 0 Å². The van der Waals surface area contributed by atoms with E-state index in [1.807, 2.05) is 12.1 Å². The summed E-state index contributed by atoms with van der Waals surface area (Å²) in [4.78, 5) is 4.74. The molecule has 0 aliphatic heterocycles. The first-order valence-corrected chi connectivity index (χ1v) is 6.59. The van der Waals surface area contributed by atoms with Crippen molar-refractivity contribution < 1.29 is 0 Å². The topological polar surface area (TPSA) is 17.8 Å². The first kappa shape index (κ1) is 12.4. The lowest BCUT2D eigenvalue weighted by Gasteiger charge is -2.16. The molecule has 1 heterocycles. The predicted molar refractivity (Wildman–Crippen MR) is 73.8 cm³/mol. The molecule has 1 aromatic carbocycles. The third kappa shape index (κ3) is 2.19. The Bertz CT molecular complexity index is 528. The molecule has 0 spiro atoms. The van der Waals surface area contributed by atoms with Gasteiger partial charge in [0.25, 0.3) is 0 Å². The molecular weight excluding hydrogens is 232 g/mol. The Labute approximate surface area is 108 Å². The van der Waals surface area contributed by atoms with Crippen LogP contribution in [0.1, 0.15) is 51.9 Å². The molecular formula is C14H19ClN2. The standard InChI is InChI=1S/C14H19ClN2/c1-5-10(4)14-16-12-8-11(15)6-7-13(12)17(14)9(2)3/h6-10H,5H2,1-4H3. The van der Waals surface area contributed by atoms with Gasteiger partial charge in [-0.05, 0) is 38.5 Å². The van der Waals surface area contributed by atoms with Crippen LogP contribution in [0, 0.1) is 0 Å². The van der Waals surface area contributed by atoms with Gasteiger partial charge in [0, 0.05) is 17.0 Å². The van der Waals surface area contributed by atoms with Gasteiger partial charge in [-0.15, -0.1) is 0 Å². The first-order chi connectivity index (χ1) is 8.04. The highest BCUT2D eigenvalue weighted by Gasteiger charge is 2.17. The lowest BCUT2D eigenvalue weighted by molar-refractivity contribution is 0.545. The van der Waals surface area contributed by atoms with E-state index in [0.29, 0.717) is 12.0 Å². The monoisotopic (exact) mass is 250 g/mol. The van der Waals surface area contributed by atoms with Crippen LogP contribution in [0.4, 0.5) is 0 Å². The van der Waals surface area contributed by atoms with Crippen molar-refractivity contribution in [2.45, 2.75) is 46.1 Å². The van der Waals surface area contributed by atoms with Crippen molar-refractivity contribution in [3.05, 3.63) is 29.0 Å². The number of aromatic nitrogens is 2. The fourth-order valence-electron chi connectivity index (χ4n) is 2.16. The van der Waals surface area contributed by atoms with Crippen molar-refractivity contribution in [3.63, 3.8) is 0 Å². The molecule has 0 aliphatic rings. The summed E-state index contributed by atoms with van der Waals surface area (Å²) in [6, 6.07) is 6.37. The van der Waals surface area contributed by atoms with Crippen LogP contribution >= 0.6 is 11.6 Å². The van der Waals surface area contributed by atoms with E-state index in [1.54, 1.807) is 0 Å². The van der Waals surface area contributed by atoms with Crippen molar-refractivity contribution in [1.82, 2.24) is 9.55 Å². The molecule has 17 heavy (non-hydrogen) atoms. The second kappa shape index (κ2) is 4.69. The van der Waals surface area contributed by atoms with Gasteiger partial charge in [0.1, 0.15) is 5.82 Å². The Morgan fingerprint density at radius 2 is 2.00 bits per heavy atom. The van der Waals surface area contributed by atoms with Crippen molar-refractivity contribution in [1.29, 1.82) is 0 Å². The largest absolute Gasteiger partial charge is 0.325 e. The summed E-state index contributed by atoms with van der Waals surface area (Å²) in [6.07, 6.45) is 1.10. The summed E-state index contributed by atoms with van der Waals surface area (Å²) in [5, 5.41) is 0.751. The molecule has 0 radical (unpaired) electrons. The SMILES string of the molecule is CCC(C)c1nc2cc(Cl)ccc2n1C(C)C. The smallest absolute Gasteiger partial charge is 0.112 e. The molecule has 0 saturated carbocycles. The van der Waals surface area contributed by atoms with Crippen molar-refractivity contribution in [2.24, 2.45) is 0 Å². The van der Waals surface area contributed by atoms with Gasteiger partial charge in [-0.1, -0.05) is 25.4 Å². The minimum Gasteiger partial charge on any atom is -0.325 e. The Morgan fingerprint density at radius 3 is 2.59 bits per heavy atom. The number of hydrogen-bond donors (Lipinski definition) is 0. The van der Waals surface area contributed by atoms with E-state index < -0.39 is 0 Å². The second-order valence-electron chi connectivity index (χ2n) is 4.88. The van der Waals surface area contributed by atoms with Gasteiger partial charge in [-0.3, -0.25) is 0 Å². The normalized spacial score (nSPS) is 13.5. The molecule has 0 saturated heterocycles. The Balaban J connectivity index is 2.70. The molecule has 2 nitrogen and oxygen atoms in total. The van der Waals surface area contributed by atoms with Crippen molar-refractivity contribution >= 4 is 22.6 Å². The minimum absolute atomic E-state index is 0.421. The molecule has 0 fully saturated rings. The number of imidazole rings is 1. The summed E-state index contributed by atoms with van der Waals surface area (Å²) < 4.78 is 2.32. The molecule has 3 heteroatoms. The number of nitrogens with zero attached hydrogens (tertiary/aromatic N) is 2. The van der Waals surface area contributed by atoms with Crippen molar-refractivity contribution in [3.8, 4) is 0 Å². The number of benzene rings is 1. The van der Waals surface area contributed by atoms with Gasteiger partial charge < -0.3 is 4.57 Å². The molecule has 1 atom stereocenters. The fraction of sp³-hybridized carbons (Fsp3) is 0.500. The number of hydrogen-bond acceptors (Lipinski definition) is 1. The summed E-state index contributed by atoms with van der Waals surface area (Å²) >= 11 is 6.02. The van der Waals surface area contributed by atoms with Crippen LogP contribution in [0.2, 0.25) is 5.02 Å². The minimum atomic E-state index is 0.421. The molecule has 2 aromatic rings. The van der Waals surface area contributed by atoms with E-state index in [-0.39, 0.29) is 0 Å². The second-order valence-corrected chi connectivity index (χ2v) is 5.31. The predicted octanol–water partition coefficient (Wildman–Crippen LogP) is 4.78. The van der Waals surface area contributed by atoms with E-state index in [1.165, 1.54) is 11.3 Å². The van der Waals surface area contributed by atoms with Crippen LogP contribution in [0.15, 0.2) is 18.2 Å². The molecule has 1 unspecified atom stereocenters. The Kier molecular flexibility index (Phi) is 3.43. The molecule has 0 amide bonds. The van der Waals surface area contributed by atoms with Gasteiger partial charge >= 0.3 is 0 Å². The summed E-state index contributed by atoms with van der Waals surface area (Å²) in [5.41, 5.74) is 2.18. The maximum absolute atomic E-state index is 6.02. The maximum atomic E-state index is 6.02. The van der Waals surface area contributed by atoms with Gasteiger partial charge in [-0.2, -0.15) is 0 Å². The van der Waals surface area contributed by atoms with Crippen LogP contribution in [0.3, 0.4) is 0 Å². The molecule has 2 rings (SSSR count). The zero-order valence-corrected chi connectivity index (χ0v) is 11.6. The molecule has 0 bridgehead atoms. The molecule has 92 valence electrons. The van der Waals surface area contributed by atoms with Crippen LogP contribution in [0.25, 0.3) is 11.0 Å². The fourth-order valence-corrected chi connectivity index (χ4v) is 2.33. The van der Waals surface area contributed by atoms with Gasteiger partial charge in [0.2, 0.25) is 0 Å².